The van der Waals surface area contributed by atoms with Gasteiger partial charge >= 0.3 is 0 Å². The standard InChI is InChI=1S/C15H13ClN2O3/c16-10-7-5-9(6-8-10)13(19)17-18-14(20)11-3-1-2-4-12(11)15(18)21/h1-2,5-8,11-12H,3-4H2,(H,17,19)/t11-,12-/m0/s1. The van der Waals surface area contributed by atoms with Crippen LogP contribution in [0.2, 0.25) is 5.02 Å². The summed E-state index contributed by atoms with van der Waals surface area (Å²) in [6, 6.07) is 6.23. The predicted molar refractivity (Wildman–Crippen MR) is 76.1 cm³/mol. The highest BCUT2D eigenvalue weighted by Gasteiger charge is 2.48. The Balaban J connectivity index is 1.76. The number of fused-ring (bicyclic) bond motifs is 1. The zero-order valence-corrected chi connectivity index (χ0v) is 11.8. The molecule has 1 aliphatic heterocycles. The number of amides is 3. The SMILES string of the molecule is O=C(NN1C(=O)[C@H]2CC=CC[C@@H]2C1=O)c1ccc(Cl)cc1. The molecule has 0 unspecified atom stereocenters. The summed E-state index contributed by atoms with van der Waals surface area (Å²) in [4.78, 5) is 36.5. The molecule has 3 rings (SSSR count). The van der Waals surface area contributed by atoms with E-state index in [2.05, 4.69) is 5.43 Å². The lowest BCUT2D eigenvalue weighted by Crippen LogP contribution is -2.46. The van der Waals surface area contributed by atoms with Gasteiger partial charge in [0.25, 0.3) is 17.7 Å². The van der Waals surface area contributed by atoms with Gasteiger partial charge in [-0.1, -0.05) is 23.8 Å². The maximum Gasteiger partial charge on any atom is 0.270 e. The molecule has 1 aliphatic carbocycles. The van der Waals surface area contributed by atoms with Gasteiger partial charge in [-0.15, -0.1) is 0 Å². The molecule has 108 valence electrons. The Morgan fingerprint density at radius 3 is 2.10 bits per heavy atom. The van der Waals surface area contributed by atoms with Crippen molar-refractivity contribution in [1.82, 2.24) is 10.4 Å². The van der Waals surface area contributed by atoms with Crippen LogP contribution in [-0.2, 0) is 9.59 Å². The Hall–Kier alpha value is -2.14. The van der Waals surface area contributed by atoms with E-state index in [4.69, 9.17) is 11.6 Å². The number of benzene rings is 1. The van der Waals surface area contributed by atoms with E-state index < -0.39 is 5.91 Å². The van der Waals surface area contributed by atoms with Crippen molar-refractivity contribution < 1.29 is 14.4 Å². The van der Waals surface area contributed by atoms with Crippen molar-refractivity contribution >= 4 is 29.3 Å². The van der Waals surface area contributed by atoms with Crippen LogP contribution in [0.25, 0.3) is 0 Å². The average molecular weight is 305 g/mol. The zero-order chi connectivity index (χ0) is 15.0. The average Bonchev–Trinajstić information content (AvgIpc) is 2.73. The molecule has 0 aromatic heterocycles. The van der Waals surface area contributed by atoms with Gasteiger partial charge in [0.1, 0.15) is 0 Å². The van der Waals surface area contributed by atoms with Crippen LogP contribution in [0.1, 0.15) is 23.2 Å². The Morgan fingerprint density at radius 2 is 1.57 bits per heavy atom. The minimum atomic E-state index is -0.500. The third-order valence-corrected chi connectivity index (χ3v) is 4.08. The highest BCUT2D eigenvalue weighted by atomic mass is 35.5. The van der Waals surface area contributed by atoms with Gasteiger partial charge in [-0.25, -0.2) is 0 Å². The molecule has 0 spiro atoms. The van der Waals surface area contributed by atoms with Crippen LogP contribution in [0.3, 0.4) is 0 Å². The molecule has 1 heterocycles. The first-order valence-electron chi connectivity index (χ1n) is 6.67. The molecule has 6 heteroatoms. The van der Waals surface area contributed by atoms with Gasteiger partial charge in [0.05, 0.1) is 11.8 Å². The molecule has 1 saturated heterocycles. The fourth-order valence-corrected chi connectivity index (χ4v) is 2.80. The van der Waals surface area contributed by atoms with Crippen LogP contribution in [0.5, 0.6) is 0 Å². The van der Waals surface area contributed by atoms with Crippen molar-refractivity contribution in [3.8, 4) is 0 Å². The number of carbonyl (C=O) groups excluding carboxylic acids is 3. The van der Waals surface area contributed by atoms with Gasteiger partial charge in [-0.2, -0.15) is 5.01 Å². The summed E-state index contributed by atoms with van der Waals surface area (Å²) < 4.78 is 0. The molecular weight excluding hydrogens is 292 g/mol. The number of hydrogen-bond donors (Lipinski definition) is 1. The summed E-state index contributed by atoms with van der Waals surface area (Å²) in [6.45, 7) is 0. The second-order valence-electron chi connectivity index (χ2n) is 5.12. The fraction of sp³-hybridized carbons (Fsp3) is 0.267. The second kappa shape index (κ2) is 5.33. The van der Waals surface area contributed by atoms with Gasteiger partial charge in [-0.3, -0.25) is 19.8 Å². The second-order valence-corrected chi connectivity index (χ2v) is 5.55. The van der Waals surface area contributed by atoms with Crippen LogP contribution in [0.4, 0.5) is 0 Å². The summed E-state index contributed by atoms with van der Waals surface area (Å²) in [7, 11) is 0. The number of hydrogen-bond acceptors (Lipinski definition) is 3. The van der Waals surface area contributed by atoms with Crippen LogP contribution in [0, 0.1) is 11.8 Å². The number of halogens is 1. The van der Waals surface area contributed by atoms with Crippen molar-refractivity contribution in [3.05, 3.63) is 47.0 Å². The smallest absolute Gasteiger partial charge is 0.270 e. The minimum Gasteiger partial charge on any atom is -0.272 e. The molecule has 1 fully saturated rings. The number of allylic oxidation sites excluding steroid dienone is 2. The largest absolute Gasteiger partial charge is 0.272 e. The van der Waals surface area contributed by atoms with Crippen molar-refractivity contribution in [2.24, 2.45) is 11.8 Å². The Labute approximate surface area is 126 Å². The molecule has 0 bridgehead atoms. The molecule has 21 heavy (non-hydrogen) atoms. The zero-order valence-electron chi connectivity index (χ0n) is 11.1. The van der Waals surface area contributed by atoms with E-state index in [0.29, 0.717) is 23.4 Å². The number of hydrazine groups is 1. The molecule has 3 amide bonds. The van der Waals surface area contributed by atoms with Gasteiger partial charge in [0, 0.05) is 10.6 Å². The molecule has 0 saturated carbocycles. The third kappa shape index (κ3) is 2.45. The maximum absolute atomic E-state index is 12.2. The van der Waals surface area contributed by atoms with E-state index in [-0.39, 0.29) is 23.7 Å². The molecular formula is C15H13ClN2O3. The first-order chi connectivity index (χ1) is 10.1. The molecule has 1 N–H and O–H groups in total. The normalized spacial score (nSPS) is 24.1. The van der Waals surface area contributed by atoms with Crippen molar-refractivity contribution in [1.29, 1.82) is 0 Å². The third-order valence-electron chi connectivity index (χ3n) is 3.83. The van der Waals surface area contributed by atoms with Gasteiger partial charge in [-0.05, 0) is 37.1 Å². The van der Waals surface area contributed by atoms with E-state index in [9.17, 15) is 14.4 Å². The summed E-state index contributed by atoms with van der Waals surface area (Å²) in [5, 5.41) is 1.37. The molecule has 1 aromatic carbocycles. The quantitative estimate of drug-likeness (QED) is 0.670. The van der Waals surface area contributed by atoms with Crippen LogP contribution < -0.4 is 5.43 Å². The van der Waals surface area contributed by atoms with E-state index in [1.54, 1.807) is 12.1 Å². The van der Waals surface area contributed by atoms with Crippen LogP contribution in [-0.4, -0.2) is 22.7 Å². The molecule has 0 radical (unpaired) electrons. The number of nitrogens with one attached hydrogen (secondary N) is 1. The minimum absolute atomic E-state index is 0.336. The summed E-state index contributed by atoms with van der Waals surface area (Å²) in [5.41, 5.74) is 2.74. The van der Waals surface area contributed by atoms with Crippen LogP contribution >= 0.6 is 11.6 Å². The summed E-state index contributed by atoms with van der Waals surface area (Å²) in [6.07, 6.45) is 4.89. The Bertz CT molecular complexity index is 613. The highest BCUT2D eigenvalue weighted by Crippen LogP contribution is 2.34. The maximum atomic E-state index is 12.2. The van der Waals surface area contributed by atoms with E-state index in [1.807, 2.05) is 12.2 Å². The van der Waals surface area contributed by atoms with E-state index in [0.717, 1.165) is 5.01 Å². The number of carbonyl (C=O) groups is 3. The molecule has 2 atom stereocenters. The summed E-state index contributed by atoms with van der Waals surface area (Å²) in [5.74, 6) is -1.88. The molecule has 1 aromatic rings. The highest BCUT2D eigenvalue weighted by molar-refractivity contribution is 6.30. The van der Waals surface area contributed by atoms with Gasteiger partial charge < -0.3 is 0 Å². The fourth-order valence-electron chi connectivity index (χ4n) is 2.68. The van der Waals surface area contributed by atoms with E-state index in [1.165, 1.54) is 12.1 Å². The van der Waals surface area contributed by atoms with Crippen molar-refractivity contribution in [2.75, 3.05) is 0 Å². The number of rotatable bonds is 2. The summed E-state index contributed by atoms with van der Waals surface area (Å²) >= 11 is 5.76. The van der Waals surface area contributed by atoms with Gasteiger partial charge in [0.15, 0.2) is 0 Å². The Morgan fingerprint density at radius 1 is 1.05 bits per heavy atom. The first kappa shape index (κ1) is 13.8. The first-order valence-corrected chi connectivity index (χ1v) is 7.05. The van der Waals surface area contributed by atoms with Gasteiger partial charge in [0.2, 0.25) is 0 Å². The van der Waals surface area contributed by atoms with E-state index >= 15 is 0 Å². The lowest BCUT2D eigenvalue weighted by molar-refractivity contribution is -0.142. The molecule has 2 aliphatic rings. The number of imide groups is 1. The Kier molecular flexibility index (Phi) is 3.51. The topological polar surface area (TPSA) is 66.5 Å². The monoisotopic (exact) mass is 304 g/mol. The number of nitrogens with zero attached hydrogens (tertiary/aromatic N) is 1. The van der Waals surface area contributed by atoms with Crippen LogP contribution in [0.15, 0.2) is 36.4 Å². The van der Waals surface area contributed by atoms with Crippen molar-refractivity contribution in [3.63, 3.8) is 0 Å². The predicted octanol–water partition coefficient (Wildman–Crippen LogP) is 1.94. The molecule has 5 nitrogen and oxygen atoms in total. The lowest BCUT2D eigenvalue weighted by atomic mass is 9.85. The van der Waals surface area contributed by atoms with Crippen molar-refractivity contribution in [2.45, 2.75) is 12.8 Å². The lowest BCUT2D eigenvalue weighted by Gasteiger charge is -2.15.